The van der Waals surface area contributed by atoms with Crippen molar-refractivity contribution in [3.8, 4) is 0 Å². The lowest BCUT2D eigenvalue weighted by Gasteiger charge is -2.36. The standard InChI is InChI=1S/C15H17N3OS/c1-9-11-5-7-20-14(11)4-6-18(9)13-3-2-10(15(17)19)8-12(13)16/h2-3,5,7-9H,4,6,16H2,1H3,(H2,17,19). The SMILES string of the molecule is CC1c2ccsc2CCN1c1ccc(C(N)=O)cc1N. The first kappa shape index (κ1) is 13.0. The summed E-state index contributed by atoms with van der Waals surface area (Å²) < 4.78 is 0. The van der Waals surface area contributed by atoms with Gasteiger partial charge in [0.05, 0.1) is 17.4 Å². The highest BCUT2D eigenvalue weighted by molar-refractivity contribution is 7.10. The highest BCUT2D eigenvalue weighted by Crippen LogP contribution is 2.38. The van der Waals surface area contributed by atoms with Crippen molar-refractivity contribution >= 4 is 28.6 Å². The lowest BCUT2D eigenvalue weighted by molar-refractivity contribution is 0.100. The zero-order valence-electron chi connectivity index (χ0n) is 11.3. The average Bonchev–Trinajstić information content (AvgIpc) is 2.89. The fraction of sp³-hybridized carbons (Fsp3) is 0.267. The summed E-state index contributed by atoms with van der Waals surface area (Å²) in [7, 11) is 0. The van der Waals surface area contributed by atoms with Crippen LogP contribution in [0.15, 0.2) is 29.6 Å². The monoisotopic (exact) mass is 287 g/mol. The van der Waals surface area contributed by atoms with Gasteiger partial charge < -0.3 is 16.4 Å². The Hall–Kier alpha value is -2.01. The van der Waals surface area contributed by atoms with E-state index in [1.807, 2.05) is 17.4 Å². The quantitative estimate of drug-likeness (QED) is 0.834. The highest BCUT2D eigenvalue weighted by Gasteiger charge is 2.26. The number of nitrogen functional groups attached to an aromatic ring is 1. The molecule has 1 aromatic carbocycles. The summed E-state index contributed by atoms with van der Waals surface area (Å²) in [5, 5.41) is 2.14. The van der Waals surface area contributed by atoms with Crippen molar-refractivity contribution in [2.45, 2.75) is 19.4 Å². The Morgan fingerprint density at radius 2 is 2.20 bits per heavy atom. The summed E-state index contributed by atoms with van der Waals surface area (Å²) in [6.07, 6.45) is 1.04. The third kappa shape index (κ3) is 2.04. The van der Waals surface area contributed by atoms with Crippen molar-refractivity contribution in [1.82, 2.24) is 0 Å². The van der Waals surface area contributed by atoms with Crippen LogP contribution < -0.4 is 16.4 Å². The molecular weight excluding hydrogens is 270 g/mol. The zero-order valence-corrected chi connectivity index (χ0v) is 12.1. The molecule has 1 atom stereocenters. The van der Waals surface area contributed by atoms with Crippen LogP contribution in [0.5, 0.6) is 0 Å². The highest BCUT2D eigenvalue weighted by atomic mass is 32.1. The van der Waals surface area contributed by atoms with Gasteiger partial charge in [-0.05, 0) is 48.6 Å². The van der Waals surface area contributed by atoms with Crippen LogP contribution in [0.25, 0.3) is 0 Å². The van der Waals surface area contributed by atoms with E-state index < -0.39 is 5.91 Å². The fourth-order valence-corrected chi connectivity index (χ4v) is 3.77. The topological polar surface area (TPSA) is 72.3 Å². The van der Waals surface area contributed by atoms with Gasteiger partial charge in [0.15, 0.2) is 0 Å². The lowest BCUT2D eigenvalue weighted by Crippen LogP contribution is -2.33. The maximum absolute atomic E-state index is 11.2. The smallest absolute Gasteiger partial charge is 0.248 e. The molecule has 0 bridgehead atoms. The van der Waals surface area contributed by atoms with E-state index in [9.17, 15) is 4.79 Å². The molecule has 1 unspecified atom stereocenters. The van der Waals surface area contributed by atoms with E-state index in [-0.39, 0.29) is 0 Å². The van der Waals surface area contributed by atoms with E-state index >= 15 is 0 Å². The van der Waals surface area contributed by atoms with Crippen molar-refractivity contribution in [1.29, 1.82) is 0 Å². The van der Waals surface area contributed by atoms with Gasteiger partial charge >= 0.3 is 0 Å². The van der Waals surface area contributed by atoms with Crippen LogP contribution in [-0.2, 0) is 6.42 Å². The molecule has 104 valence electrons. The minimum atomic E-state index is -0.449. The summed E-state index contributed by atoms with van der Waals surface area (Å²) in [6.45, 7) is 3.13. The van der Waals surface area contributed by atoms with Gasteiger partial charge in [-0.25, -0.2) is 0 Å². The molecule has 2 heterocycles. The fourth-order valence-electron chi connectivity index (χ4n) is 2.81. The Morgan fingerprint density at radius 1 is 1.40 bits per heavy atom. The van der Waals surface area contributed by atoms with Crippen molar-refractivity contribution in [2.24, 2.45) is 5.73 Å². The number of thiophene rings is 1. The number of hydrogen-bond donors (Lipinski definition) is 2. The molecule has 0 saturated carbocycles. The third-order valence-corrected chi connectivity index (χ3v) is 4.90. The van der Waals surface area contributed by atoms with Crippen LogP contribution in [0.4, 0.5) is 11.4 Å². The molecule has 1 aliphatic rings. The van der Waals surface area contributed by atoms with Gasteiger partial charge in [0.1, 0.15) is 0 Å². The number of amides is 1. The number of benzene rings is 1. The number of primary amides is 1. The zero-order chi connectivity index (χ0) is 14.3. The first-order valence-corrected chi connectivity index (χ1v) is 7.48. The summed E-state index contributed by atoms with van der Waals surface area (Å²) in [5.74, 6) is -0.449. The predicted molar refractivity (Wildman–Crippen MR) is 83.2 cm³/mol. The molecule has 20 heavy (non-hydrogen) atoms. The molecule has 1 aliphatic heterocycles. The normalized spacial score (nSPS) is 17.9. The summed E-state index contributed by atoms with van der Waals surface area (Å²) in [5.41, 5.74) is 14.8. The Kier molecular flexibility index (Phi) is 3.14. The van der Waals surface area contributed by atoms with Gasteiger partial charge in [-0.3, -0.25) is 4.79 Å². The maximum atomic E-state index is 11.2. The van der Waals surface area contributed by atoms with Crippen LogP contribution >= 0.6 is 11.3 Å². The third-order valence-electron chi connectivity index (χ3n) is 3.90. The van der Waals surface area contributed by atoms with E-state index in [2.05, 4.69) is 23.3 Å². The van der Waals surface area contributed by atoms with Crippen molar-refractivity contribution in [3.63, 3.8) is 0 Å². The second-order valence-corrected chi connectivity index (χ2v) is 6.06. The summed E-state index contributed by atoms with van der Waals surface area (Å²) in [4.78, 5) is 14.9. The minimum Gasteiger partial charge on any atom is -0.397 e. The number of fused-ring (bicyclic) bond motifs is 1. The van der Waals surface area contributed by atoms with E-state index in [1.54, 1.807) is 12.1 Å². The molecule has 5 heteroatoms. The Labute approximate surface area is 122 Å². The van der Waals surface area contributed by atoms with Gasteiger partial charge in [0.2, 0.25) is 5.91 Å². The van der Waals surface area contributed by atoms with Crippen molar-refractivity contribution < 1.29 is 4.79 Å². The molecule has 0 radical (unpaired) electrons. The molecule has 1 aromatic heterocycles. The van der Waals surface area contributed by atoms with Crippen LogP contribution in [0.3, 0.4) is 0 Å². The minimum absolute atomic E-state index is 0.298. The Morgan fingerprint density at radius 3 is 2.90 bits per heavy atom. The molecule has 4 nitrogen and oxygen atoms in total. The van der Waals surface area contributed by atoms with E-state index in [1.165, 1.54) is 10.4 Å². The first-order valence-electron chi connectivity index (χ1n) is 6.60. The number of anilines is 2. The van der Waals surface area contributed by atoms with Gasteiger partial charge in [-0.2, -0.15) is 0 Å². The lowest BCUT2D eigenvalue weighted by atomic mass is 10.00. The van der Waals surface area contributed by atoms with Crippen LogP contribution in [0.1, 0.15) is 33.8 Å². The van der Waals surface area contributed by atoms with Gasteiger partial charge in [0, 0.05) is 17.0 Å². The predicted octanol–water partition coefficient (Wildman–Crippen LogP) is 2.55. The molecule has 2 aromatic rings. The molecule has 4 N–H and O–H groups in total. The molecule has 0 aliphatic carbocycles. The van der Waals surface area contributed by atoms with E-state index in [0.29, 0.717) is 17.3 Å². The number of hydrogen-bond acceptors (Lipinski definition) is 4. The van der Waals surface area contributed by atoms with Crippen molar-refractivity contribution in [3.05, 3.63) is 45.6 Å². The Balaban J connectivity index is 1.96. The van der Waals surface area contributed by atoms with Crippen LogP contribution in [0.2, 0.25) is 0 Å². The molecule has 3 rings (SSSR count). The van der Waals surface area contributed by atoms with E-state index in [0.717, 1.165) is 18.7 Å². The number of rotatable bonds is 2. The van der Waals surface area contributed by atoms with Gasteiger partial charge in [-0.15, -0.1) is 11.3 Å². The molecule has 0 spiro atoms. The summed E-state index contributed by atoms with van der Waals surface area (Å²) >= 11 is 1.82. The molecule has 0 saturated heterocycles. The van der Waals surface area contributed by atoms with E-state index in [4.69, 9.17) is 11.5 Å². The molecule has 0 fully saturated rings. The number of nitrogens with zero attached hydrogens (tertiary/aromatic N) is 1. The first-order chi connectivity index (χ1) is 9.58. The number of carbonyl (C=O) groups excluding carboxylic acids is 1. The summed E-state index contributed by atoms with van der Waals surface area (Å²) in [6, 6.07) is 7.78. The number of nitrogens with two attached hydrogens (primary N) is 2. The second-order valence-electron chi connectivity index (χ2n) is 5.06. The molecule has 1 amide bonds. The van der Waals surface area contributed by atoms with Gasteiger partial charge in [-0.1, -0.05) is 0 Å². The molecular formula is C15H17N3OS. The van der Waals surface area contributed by atoms with Crippen molar-refractivity contribution in [2.75, 3.05) is 17.2 Å². The second kappa shape index (κ2) is 4.83. The Bertz CT molecular complexity index is 665. The maximum Gasteiger partial charge on any atom is 0.248 e. The van der Waals surface area contributed by atoms with Gasteiger partial charge in [0.25, 0.3) is 0 Å². The largest absolute Gasteiger partial charge is 0.397 e. The van der Waals surface area contributed by atoms with Crippen LogP contribution in [0, 0.1) is 0 Å². The number of carbonyl (C=O) groups is 1. The van der Waals surface area contributed by atoms with Crippen LogP contribution in [-0.4, -0.2) is 12.5 Å². The average molecular weight is 287 g/mol.